The van der Waals surface area contributed by atoms with Gasteiger partial charge < -0.3 is 14.5 Å². The van der Waals surface area contributed by atoms with E-state index in [0.717, 1.165) is 31.7 Å². The number of hydrogen-bond donors (Lipinski definition) is 0. The SMILES string of the molecule is O=C(/C=C/c1cnc(N2CCOCC2)nc1)c1ccc(N2CCCCCC2)cc1. The van der Waals surface area contributed by atoms with Crippen molar-refractivity contribution in [3.8, 4) is 0 Å². The number of allylic oxidation sites excluding steroid dienone is 1. The summed E-state index contributed by atoms with van der Waals surface area (Å²) in [5.41, 5.74) is 2.72. The number of benzene rings is 1. The normalized spacial score (nSPS) is 18.1. The number of aromatic nitrogens is 2. The van der Waals surface area contributed by atoms with Crippen molar-refractivity contribution in [1.82, 2.24) is 9.97 Å². The van der Waals surface area contributed by atoms with Gasteiger partial charge in [0.2, 0.25) is 5.95 Å². The molecule has 0 saturated carbocycles. The van der Waals surface area contributed by atoms with Crippen molar-refractivity contribution in [3.05, 3.63) is 53.9 Å². The topological polar surface area (TPSA) is 58.6 Å². The van der Waals surface area contributed by atoms with E-state index in [1.165, 1.54) is 31.4 Å². The highest BCUT2D eigenvalue weighted by molar-refractivity contribution is 6.06. The maximum atomic E-state index is 12.5. The lowest BCUT2D eigenvalue weighted by Crippen LogP contribution is -2.37. The van der Waals surface area contributed by atoms with Crippen LogP contribution in [0.5, 0.6) is 0 Å². The van der Waals surface area contributed by atoms with Gasteiger partial charge in [-0.1, -0.05) is 12.8 Å². The Kier molecular flexibility index (Phi) is 6.52. The summed E-state index contributed by atoms with van der Waals surface area (Å²) in [7, 11) is 0. The number of anilines is 2. The molecule has 0 unspecified atom stereocenters. The Morgan fingerprint density at radius 3 is 2.17 bits per heavy atom. The van der Waals surface area contributed by atoms with Crippen LogP contribution in [0.1, 0.15) is 41.6 Å². The molecule has 2 aliphatic heterocycles. The lowest BCUT2D eigenvalue weighted by Gasteiger charge is -2.26. The van der Waals surface area contributed by atoms with Crippen LogP contribution in [0.2, 0.25) is 0 Å². The van der Waals surface area contributed by atoms with Gasteiger partial charge in [0.05, 0.1) is 13.2 Å². The summed E-state index contributed by atoms with van der Waals surface area (Å²) in [6.07, 6.45) is 12.0. The second-order valence-electron chi connectivity index (χ2n) is 7.56. The predicted molar refractivity (Wildman–Crippen MR) is 116 cm³/mol. The van der Waals surface area contributed by atoms with Crippen molar-refractivity contribution in [2.75, 3.05) is 49.2 Å². The van der Waals surface area contributed by atoms with Crippen molar-refractivity contribution in [2.24, 2.45) is 0 Å². The van der Waals surface area contributed by atoms with Crippen molar-refractivity contribution < 1.29 is 9.53 Å². The van der Waals surface area contributed by atoms with Crippen molar-refractivity contribution in [3.63, 3.8) is 0 Å². The average molecular weight is 393 g/mol. The summed E-state index contributed by atoms with van der Waals surface area (Å²) in [5.74, 6) is 0.700. The first-order valence-corrected chi connectivity index (χ1v) is 10.5. The zero-order chi connectivity index (χ0) is 19.9. The number of ether oxygens (including phenoxy) is 1. The maximum Gasteiger partial charge on any atom is 0.225 e. The quantitative estimate of drug-likeness (QED) is 0.573. The molecule has 4 rings (SSSR count). The summed E-state index contributed by atoms with van der Waals surface area (Å²) in [6, 6.07) is 7.97. The maximum absolute atomic E-state index is 12.5. The summed E-state index contributed by atoms with van der Waals surface area (Å²) in [4.78, 5) is 25.9. The molecule has 6 heteroatoms. The fourth-order valence-electron chi connectivity index (χ4n) is 3.78. The molecule has 1 aromatic carbocycles. The van der Waals surface area contributed by atoms with E-state index in [1.54, 1.807) is 24.5 Å². The molecule has 2 aromatic rings. The first-order chi connectivity index (χ1) is 14.3. The smallest absolute Gasteiger partial charge is 0.225 e. The first kappa shape index (κ1) is 19.6. The zero-order valence-electron chi connectivity index (χ0n) is 16.8. The molecule has 152 valence electrons. The highest BCUT2D eigenvalue weighted by atomic mass is 16.5. The van der Waals surface area contributed by atoms with Crippen LogP contribution < -0.4 is 9.80 Å². The van der Waals surface area contributed by atoms with Gasteiger partial charge in [-0.25, -0.2) is 9.97 Å². The first-order valence-electron chi connectivity index (χ1n) is 10.5. The minimum Gasteiger partial charge on any atom is -0.378 e. The number of carbonyl (C=O) groups is 1. The highest BCUT2D eigenvalue weighted by Gasteiger charge is 2.13. The van der Waals surface area contributed by atoms with Crippen LogP contribution in [0, 0.1) is 0 Å². The molecular formula is C23H28N4O2. The van der Waals surface area contributed by atoms with Gasteiger partial charge >= 0.3 is 0 Å². The molecule has 29 heavy (non-hydrogen) atoms. The highest BCUT2D eigenvalue weighted by Crippen LogP contribution is 2.20. The molecule has 2 fully saturated rings. The Morgan fingerprint density at radius 2 is 1.52 bits per heavy atom. The van der Waals surface area contributed by atoms with Crippen LogP contribution in [0.15, 0.2) is 42.7 Å². The van der Waals surface area contributed by atoms with Gasteiger partial charge in [-0.05, 0) is 49.3 Å². The van der Waals surface area contributed by atoms with Gasteiger partial charge in [-0.2, -0.15) is 0 Å². The molecular weight excluding hydrogens is 364 g/mol. The number of carbonyl (C=O) groups excluding carboxylic acids is 1. The van der Waals surface area contributed by atoms with Crippen LogP contribution in [-0.4, -0.2) is 55.1 Å². The molecule has 0 amide bonds. The van der Waals surface area contributed by atoms with Gasteiger partial charge in [-0.3, -0.25) is 4.79 Å². The van der Waals surface area contributed by atoms with Gasteiger partial charge in [0.15, 0.2) is 5.78 Å². The van der Waals surface area contributed by atoms with E-state index in [9.17, 15) is 4.79 Å². The Hall–Kier alpha value is -2.73. The van der Waals surface area contributed by atoms with E-state index in [1.807, 2.05) is 12.1 Å². The number of hydrogen-bond acceptors (Lipinski definition) is 6. The van der Waals surface area contributed by atoms with E-state index >= 15 is 0 Å². The summed E-state index contributed by atoms with van der Waals surface area (Å²) in [6.45, 7) is 5.23. The van der Waals surface area contributed by atoms with Crippen LogP contribution in [0.25, 0.3) is 6.08 Å². The third-order valence-corrected chi connectivity index (χ3v) is 5.50. The second-order valence-corrected chi connectivity index (χ2v) is 7.56. The number of morpholine rings is 1. The third kappa shape index (κ3) is 5.21. The summed E-state index contributed by atoms with van der Waals surface area (Å²) < 4.78 is 5.35. The fraction of sp³-hybridized carbons (Fsp3) is 0.435. The fourth-order valence-corrected chi connectivity index (χ4v) is 3.78. The molecule has 2 saturated heterocycles. The van der Waals surface area contributed by atoms with E-state index < -0.39 is 0 Å². The van der Waals surface area contributed by atoms with E-state index in [2.05, 4.69) is 31.9 Å². The Bertz CT molecular complexity index is 819. The Labute approximate surface area is 172 Å². The summed E-state index contributed by atoms with van der Waals surface area (Å²) in [5, 5.41) is 0. The lowest BCUT2D eigenvalue weighted by molar-refractivity contribution is 0.104. The van der Waals surface area contributed by atoms with Crippen LogP contribution in [-0.2, 0) is 4.74 Å². The molecule has 0 bridgehead atoms. The molecule has 0 aliphatic carbocycles. The van der Waals surface area contributed by atoms with Gasteiger partial charge in [-0.15, -0.1) is 0 Å². The van der Waals surface area contributed by atoms with Crippen molar-refractivity contribution in [2.45, 2.75) is 25.7 Å². The third-order valence-electron chi connectivity index (χ3n) is 5.50. The Balaban J connectivity index is 1.36. The molecule has 2 aliphatic rings. The number of nitrogens with zero attached hydrogens (tertiary/aromatic N) is 4. The summed E-state index contributed by atoms with van der Waals surface area (Å²) >= 11 is 0. The minimum absolute atomic E-state index is 0.00956. The molecule has 3 heterocycles. The molecule has 0 atom stereocenters. The van der Waals surface area contributed by atoms with E-state index in [0.29, 0.717) is 24.7 Å². The largest absolute Gasteiger partial charge is 0.378 e. The monoisotopic (exact) mass is 392 g/mol. The molecule has 0 radical (unpaired) electrons. The minimum atomic E-state index is -0.00956. The Morgan fingerprint density at radius 1 is 0.862 bits per heavy atom. The van der Waals surface area contributed by atoms with Crippen molar-refractivity contribution in [1.29, 1.82) is 0 Å². The van der Waals surface area contributed by atoms with Gasteiger partial charge in [0.1, 0.15) is 0 Å². The van der Waals surface area contributed by atoms with Gasteiger partial charge in [0, 0.05) is 55.4 Å². The van der Waals surface area contributed by atoms with Crippen LogP contribution in [0.3, 0.4) is 0 Å². The average Bonchev–Trinajstić information content (AvgIpc) is 3.08. The lowest BCUT2D eigenvalue weighted by atomic mass is 10.1. The van der Waals surface area contributed by atoms with Gasteiger partial charge in [0.25, 0.3) is 0 Å². The predicted octanol–water partition coefficient (Wildman–Crippen LogP) is 3.59. The molecule has 1 aromatic heterocycles. The molecule has 0 spiro atoms. The molecule has 0 N–H and O–H groups in total. The van der Waals surface area contributed by atoms with E-state index in [4.69, 9.17) is 4.74 Å². The number of rotatable bonds is 5. The van der Waals surface area contributed by atoms with Crippen LogP contribution >= 0.6 is 0 Å². The van der Waals surface area contributed by atoms with Crippen LogP contribution in [0.4, 0.5) is 11.6 Å². The number of ketones is 1. The van der Waals surface area contributed by atoms with E-state index in [-0.39, 0.29) is 5.78 Å². The standard InChI is InChI=1S/C23H28N4O2/c28-22(20-6-8-21(9-7-20)26-11-3-1-2-4-12-26)10-5-19-17-24-23(25-18-19)27-13-15-29-16-14-27/h5-10,17-18H,1-4,11-16H2/b10-5+. The second kappa shape index (κ2) is 9.65. The van der Waals surface area contributed by atoms with Crippen molar-refractivity contribution >= 4 is 23.5 Å². The zero-order valence-corrected chi connectivity index (χ0v) is 16.8. The molecule has 6 nitrogen and oxygen atoms in total.